The van der Waals surface area contributed by atoms with Crippen molar-refractivity contribution in [1.82, 2.24) is 4.90 Å². The van der Waals surface area contributed by atoms with Crippen molar-refractivity contribution in [3.05, 3.63) is 0 Å². The van der Waals surface area contributed by atoms with Crippen LogP contribution in [-0.2, 0) is 4.79 Å². The van der Waals surface area contributed by atoms with Gasteiger partial charge in [-0.25, -0.2) is 0 Å². The average Bonchev–Trinajstić information content (AvgIpc) is 2.14. The third-order valence-electron chi connectivity index (χ3n) is 2.65. The summed E-state index contributed by atoms with van der Waals surface area (Å²) in [6, 6.07) is 0.702. The van der Waals surface area contributed by atoms with Crippen LogP contribution in [0.4, 0.5) is 0 Å². The topological polar surface area (TPSA) is 20.3 Å². The molecule has 0 aromatic rings. The Labute approximate surface area is 88.7 Å². The quantitative estimate of drug-likeness (QED) is 0.643. The van der Waals surface area contributed by atoms with E-state index >= 15 is 0 Å². The second-order valence-electron chi connectivity index (χ2n) is 4.26. The molecule has 0 heterocycles. The Balaban J connectivity index is 4.26. The SMILES string of the molecule is CCCCC(=O)N(C(C)C)C(C)CC. The molecule has 1 atom stereocenters. The van der Waals surface area contributed by atoms with Gasteiger partial charge in [0.25, 0.3) is 0 Å². The van der Waals surface area contributed by atoms with E-state index in [-0.39, 0.29) is 0 Å². The van der Waals surface area contributed by atoms with Crippen molar-refractivity contribution < 1.29 is 4.79 Å². The lowest BCUT2D eigenvalue weighted by Crippen LogP contribution is -2.43. The number of hydrogen-bond acceptors (Lipinski definition) is 1. The zero-order chi connectivity index (χ0) is 11.1. The Morgan fingerprint density at radius 2 is 1.79 bits per heavy atom. The van der Waals surface area contributed by atoms with Crippen LogP contribution >= 0.6 is 0 Å². The van der Waals surface area contributed by atoms with E-state index in [1.165, 1.54) is 0 Å². The normalized spacial score (nSPS) is 13.0. The molecule has 1 amide bonds. The molecule has 0 bridgehead atoms. The second kappa shape index (κ2) is 6.86. The molecule has 0 radical (unpaired) electrons. The third-order valence-corrected chi connectivity index (χ3v) is 2.65. The number of amides is 1. The van der Waals surface area contributed by atoms with Gasteiger partial charge >= 0.3 is 0 Å². The number of hydrogen-bond donors (Lipinski definition) is 0. The highest BCUT2D eigenvalue weighted by molar-refractivity contribution is 5.76. The second-order valence-corrected chi connectivity index (χ2v) is 4.26. The first-order chi connectivity index (χ1) is 6.54. The number of unbranched alkanes of at least 4 members (excludes halogenated alkanes) is 1. The van der Waals surface area contributed by atoms with Crippen LogP contribution in [0.15, 0.2) is 0 Å². The summed E-state index contributed by atoms with van der Waals surface area (Å²) in [4.78, 5) is 13.9. The minimum atomic E-state index is 0.316. The average molecular weight is 199 g/mol. The Morgan fingerprint density at radius 1 is 1.21 bits per heavy atom. The number of carbonyl (C=O) groups excluding carboxylic acids is 1. The van der Waals surface area contributed by atoms with E-state index in [1.54, 1.807) is 0 Å². The van der Waals surface area contributed by atoms with Gasteiger partial charge in [-0.3, -0.25) is 4.79 Å². The molecule has 0 aliphatic carbocycles. The van der Waals surface area contributed by atoms with E-state index in [2.05, 4.69) is 34.6 Å². The lowest BCUT2D eigenvalue weighted by Gasteiger charge is -2.32. The van der Waals surface area contributed by atoms with Gasteiger partial charge in [0.2, 0.25) is 5.91 Å². The van der Waals surface area contributed by atoms with Gasteiger partial charge in [0.1, 0.15) is 0 Å². The van der Waals surface area contributed by atoms with Gasteiger partial charge in [-0.15, -0.1) is 0 Å². The Kier molecular flexibility index (Phi) is 6.60. The summed E-state index contributed by atoms with van der Waals surface area (Å²) in [7, 11) is 0. The van der Waals surface area contributed by atoms with E-state index in [1.807, 2.05) is 4.90 Å². The van der Waals surface area contributed by atoms with Crippen molar-refractivity contribution >= 4 is 5.91 Å². The van der Waals surface area contributed by atoms with Gasteiger partial charge in [-0.2, -0.15) is 0 Å². The lowest BCUT2D eigenvalue weighted by atomic mass is 10.1. The standard InChI is InChI=1S/C12H25NO/c1-6-8-9-12(14)13(10(3)4)11(5)7-2/h10-11H,6-9H2,1-5H3. The van der Waals surface area contributed by atoms with Crippen molar-refractivity contribution in [2.75, 3.05) is 0 Å². The fourth-order valence-corrected chi connectivity index (χ4v) is 1.70. The van der Waals surface area contributed by atoms with E-state index < -0.39 is 0 Å². The number of rotatable bonds is 6. The first-order valence-electron chi connectivity index (χ1n) is 5.85. The van der Waals surface area contributed by atoms with E-state index in [4.69, 9.17) is 0 Å². The molecule has 0 rings (SSSR count). The van der Waals surface area contributed by atoms with Gasteiger partial charge in [0, 0.05) is 18.5 Å². The van der Waals surface area contributed by atoms with Gasteiger partial charge in [0.15, 0.2) is 0 Å². The van der Waals surface area contributed by atoms with Crippen LogP contribution in [0, 0.1) is 0 Å². The Bertz CT molecular complexity index is 166. The smallest absolute Gasteiger partial charge is 0.223 e. The highest BCUT2D eigenvalue weighted by Gasteiger charge is 2.20. The van der Waals surface area contributed by atoms with Gasteiger partial charge in [-0.05, 0) is 33.6 Å². The molecule has 0 saturated heterocycles. The first-order valence-corrected chi connectivity index (χ1v) is 5.85. The summed E-state index contributed by atoms with van der Waals surface area (Å²) < 4.78 is 0. The highest BCUT2D eigenvalue weighted by Crippen LogP contribution is 2.12. The maximum atomic E-state index is 11.9. The fraction of sp³-hybridized carbons (Fsp3) is 0.917. The monoisotopic (exact) mass is 199 g/mol. The molecule has 0 aromatic carbocycles. The molecule has 2 nitrogen and oxygen atoms in total. The number of carbonyl (C=O) groups is 1. The Morgan fingerprint density at radius 3 is 2.14 bits per heavy atom. The van der Waals surface area contributed by atoms with Crippen LogP contribution in [0.2, 0.25) is 0 Å². The van der Waals surface area contributed by atoms with Crippen LogP contribution in [-0.4, -0.2) is 22.9 Å². The van der Waals surface area contributed by atoms with Gasteiger partial charge < -0.3 is 4.90 Å². The van der Waals surface area contributed by atoms with Gasteiger partial charge in [0.05, 0.1) is 0 Å². The summed E-state index contributed by atoms with van der Waals surface area (Å²) in [5.74, 6) is 0.316. The Hall–Kier alpha value is -0.530. The van der Waals surface area contributed by atoms with Crippen molar-refractivity contribution in [3.8, 4) is 0 Å². The molecule has 0 N–H and O–H groups in total. The molecule has 0 saturated carbocycles. The summed E-state index contributed by atoms with van der Waals surface area (Å²) in [6.45, 7) is 10.6. The molecule has 0 aromatic heterocycles. The van der Waals surface area contributed by atoms with Crippen molar-refractivity contribution in [1.29, 1.82) is 0 Å². The van der Waals surface area contributed by atoms with Crippen molar-refractivity contribution in [2.45, 2.75) is 72.4 Å². The maximum Gasteiger partial charge on any atom is 0.223 e. The lowest BCUT2D eigenvalue weighted by molar-refractivity contribution is -0.135. The summed E-state index contributed by atoms with van der Waals surface area (Å²) in [5, 5.41) is 0. The zero-order valence-electron chi connectivity index (χ0n) is 10.3. The van der Waals surface area contributed by atoms with E-state index in [0.717, 1.165) is 19.3 Å². The van der Waals surface area contributed by atoms with Crippen LogP contribution in [0.25, 0.3) is 0 Å². The zero-order valence-corrected chi connectivity index (χ0v) is 10.3. The van der Waals surface area contributed by atoms with Crippen molar-refractivity contribution in [2.24, 2.45) is 0 Å². The highest BCUT2D eigenvalue weighted by atomic mass is 16.2. The van der Waals surface area contributed by atoms with Crippen LogP contribution < -0.4 is 0 Å². The molecule has 84 valence electrons. The minimum absolute atomic E-state index is 0.316. The predicted molar refractivity (Wildman–Crippen MR) is 61.3 cm³/mol. The van der Waals surface area contributed by atoms with E-state index in [0.29, 0.717) is 24.4 Å². The molecule has 2 heteroatoms. The first kappa shape index (κ1) is 13.5. The molecular formula is C12H25NO. The van der Waals surface area contributed by atoms with Crippen LogP contribution in [0.1, 0.15) is 60.3 Å². The summed E-state index contributed by atoms with van der Waals surface area (Å²) in [5.41, 5.74) is 0. The summed E-state index contributed by atoms with van der Waals surface area (Å²) in [6.07, 6.45) is 3.85. The van der Waals surface area contributed by atoms with Crippen LogP contribution in [0.3, 0.4) is 0 Å². The summed E-state index contributed by atoms with van der Waals surface area (Å²) >= 11 is 0. The molecule has 0 spiro atoms. The fourth-order valence-electron chi connectivity index (χ4n) is 1.70. The van der Waals surface area contributed by atoms with Gasteiger partial charge in [-0.1, -0.05) is 20.3 Å². The largest absolute Gasteiger partial charge is 0.338 e. The molecule has 1 unspecified atom stereocenters. The minimum Gasteiger partial charge on any atom is -0.338 e. The van der Waals surface area contributed by atoms with E-state index in [9.17, 15) is 4.79 Å². The van der Waals surface area contributed by atoms with Crippen molar-refractivity contribution in [3.63, 3.8) is 0 Å². The molecule has 0 aliphatic heterocycles. The molecule has 0 aliphatic rings. The van der Waals surface area contributed by atoms with Crippen LogP contribution in [0.5, 0.6) is 0 Å². The molecule has 14 heavy (non-hydrogen) atoms. The number of nitrogens with zero attached hydrogens (tertiary/aromatic N) is 1. The molecular weight excluding hydrogens is 174 g/mol. The third kappa shape index (κ3) is 4.12. The molecule has 0 fully saturated rings. The maximum absolute atomic E-state index is 11.9. The predicted octanol–water partition coefficient (Wildman–Crippen LogP) is 3.21.